The van der Waals surface area contributed by atoms with Crippen LogP contribution >= 0.6 is 0 Å². The minimum absolute atomic E-state index is 0.902. The second kappa shape index (κ2) is 5.45. The van der Waals surface area contributed by atoms with Crippen LogP contribution in [0.4, 0.5) is 0 Å². The summed E-state index contributed by atoms with van der Waals surface area (Å²) in [5.74, 6) is 1.91. The average Bonchev–Trinajstić information content (AvgIpc) is 2.48. The zero-order valence-electron chi connectivity index (χ0n) is 11.3. The first-order valence-electron chi connectivity index (χ1n) is 6.95. The molecule has 1 N–H and O–H groups in total. The highest BCUT2D eigenvalue weighted by Crippen LogP contribution is 2.29. The van der Waals surface area contributed by atoms with E-state index in [4.69, 9.17) is 4.74 Å². The molecule has 2 heteroatoms. The summed E-state index contributed by atoms with van der Waals surface area (Å²) in [6, 6.07) is 14.7. The van der Waals surface area contributed by atoms with Gasteiger partial charge in [0.25, 0.3) is 0 Å². The number of benzene rings is 2. The van der Waals surface area contributed by atoms with Crippen molar-refractivity contribution < 1.29 is 4.74 Å². The van der Waals surface area contributed by atoms with Crippen molar-refractivity contribution in [3.8, 4) is 11.5 Å². The minimum Gasteiger partial charge on any atom is -0.457 e. The highest BCUT2D eigenvalue weighted by Gasteiger charge is 2.13. The largest absolute Gasteiger partial charge is 0.457 e. The van der Waals surface area contributed by atoms with Crippen LogP contribution in [0.5, 0.6) is 11.5 Å². The normalized spacial score (nSPS) is 13.9. The average molecular weight is 253 g/mol. The Bertz CT molecular complexity index is 577. The van der Waals surface area contributed by atoms with E-state index in [9.17, 15) is 0 Å². The Morgan fingerprint density at radius 1 is 1.16 bits per heavy atom. The second-order valence-electron chi connectivity index (χ2n) is 4.92. The lowest BCUT2D eigenvalue weighted by molar-refractivity contribution is 0.467. The van der Waals surface area contributed by atoms with E-state index in [0.717, 1.165) is 37.4 Å². The monoisotopic (exact) mass is 253 g/mol. The van der Waals surface area contributed by atoms with E-state index in [0.29, 0.717) is 0 Å². The third-order valence-electron chi connectivity index (χ3n) is 3.64. The molecule has 3 rings (SSSR count). The standard InChI is InChI=1S/C17H19NO/c1-2-13-5-3-7-15(11-13)19-17-8-4-6-14-9-10-18-12-16(14)17/h3-8,11,18H,2,9-10,12H2,1H3. The van der Waals surface area contributed by atoms with E-state index in [1.54, 1.807) is 0 Å². The second-order valence-corrected chi connectivity index (χ2v) is 4.92. The molecule has 98 valence electrons. The van der Waals surface area contributed by atoms with Crippen LogP contribution in [0.2, 0.25) is 0 Å². The molecule has 0 fully saturated rings. The van der Waals surface area contributed by atoms with Gasteiger partial charge in [0.05, 0.1) is 0 Å². The molecule has 0 unspecified atom stereocenters. The Morgan fingerprint density at radius 3 is 2.95 bits per heavy atom. The summed E-state index contributed by atoms with van der Waals surface area (Å²) in [5, 5.41) is 3.41. The summed E-state index contributed by atoms with van der Waals surface area (Å²) in [6.07, 6.45) is 2.12. The highest BCUT2D eigenvalue weighted by molar-refractivity contribution is 5.44. The van der Waals surface area contributed by atoms with Crippen molar-refractivity contribution in [3.05, 3.63) is 59.2 Å². The van der Waals surface area contributed by atoms with Crippen molar-refractivity contribution in [2.45, 2.75) is 26.3 Å². The number of aryl methyl sites for hydroxylation is 1. The Kier molecular flexibility index (Phi) is 3.51. The van der Waals surface area contributed by atoms with Crippen molar-refractivity contribution in [1.82, 2.24) is 5.32 Å². The van der Waals surface area contributed by atoms with Gasteiger partial charge in [-0.2, -0.15) is 0 Å². The van der Waals surface area contributed by atoms with E-state index in [-0.39, 0.29) is 0 Å². The number of fused-ring (bicyclic) bond motifs is 1. The molecule has 0 aliphatic carbocycles. The van der Waals surface area contributed by atoms with Crippen LogP contribution in [0.1, 0.15) is 23.6 Å². The predicted molar refractivity (Wildman–Crippen MR) is 77.7 cm³/mol. The van der Waals surface area contributed by atoms with Crippen molar-refractivity contribution in [3.63, 3.8) is 0 Å². The quantitative estimate of drug-likeness (QED) is 0.900. The Hall–Kier alpha value is -1.80. The molecule has 0 aromatic heterocycles. The lowest BCUT2D eigenvalue weighted by Gasteiger charge is -2.20. The summed E-state index contributed by atoms with van der Waals surface area (Å²) in [7, 11) is 0. The summed E-state index contributed by atoms with van der Waals surface area (Å²) >= 11 is 0. The molecule has 1 aliphatic heterocycles. The summed E-state index contributed by atoms with van der Waals surface area (Å²) < 4.78 is 6.08. The first-order chi connectivity index (χ1) is 9.36. The first-order valence-corrected chi connectivity index (χ1v) is 6.95. The third-order valence-corrected chi connectivity index (χ3v) is 3.64. The lowest BCUT2D eigenvalue weighted by Crippen LogP contribution is -2.23. The lowest BCUT2D eigenvalue weighted by atomic mass is 10.0. The van der Waals surface area contributed by atoms with Gasteiger partial charge >= 0.3 is 0 Å². The predicted octanol–water partition coefficient (Wildman–Crippen LogP) is 3.69. The molecular formula is C17H19NO. The van der Waals surface area contributed by atoms with E-state index in [1.807, 2.05) is 6.07 Å². The molecule has 1 heterocycles. The van der Waals surface area contributed by atoms with Crippen LogP contribution in [-0.2, 0) is 19.4 Å². The minimum atomic E-state index is 0.902. The maximum atomic E-state index is 6.08. The topological polar surface area (TPSA) is 21.3 Å². The van der Waals surface area contributed by atoms with Gasteiger partial charge in [-0.05, 0) is 48.7 Å². The molecule has 0 bridgehead atoms. The summed E-state index contributed by atoms with van der Waals surface area (Å²) in [5.41, 5.74) is 4.01. The molecule has 0 saturated heterocycles. The van der Waals surface area contributed by atoms with Gasteiger partial charge in [0.15, 0.2) is 0 Å². The summed E-state index contributed by atoms with van der Waals surface area (Å²) in [4.78, 5) is 0. The van der Waals surface area contributed by atoms with Crippen molar-refractivity contribution >= 4 is 0 Å². The Morgan fingerprint density at radius 2 is 2.05 bits per heavy atom. The van der Waals surface area contributed by atoms with Gasteiger partial charge in [-0.15, -0.1) is 0 Å². The molecule has 0 radical (unpaired) electrons. The maximum absolute atomic E-state index is 6.08. The molecule has 2 aromatic carbocycles. The van der Waals surface area contributed by atoms with Crippen LogP contribution < -0.4 is 10.1 Å². The van der Waals surface area contributed by atoms with Gasteiger partial charge in [-0.25, -0.2) is 0 Å². The Balaban J connectivity index is 1.90. The smallest absolute Gasteiger partial charge is 0.132 e. The summed E-state index contributed by atoms with van der Waals surface area (Å²) in [6.45, 7) is 4.12. The molecule has 0 spiro atoms. The van der Waals surface area contributed by atoms with Gasteiger partial charge < -0.3 is 10.1 Å². The van der Waals surface area contributed by atoms with E-state index < -0.39 is 0 Å². The Labute approximate surface area is 114 Å². The van der Waals surface area contributed by atoms with Gasteiger partial charge in [0.1, 0.15) is 11.5 Å². The maximum Gasteiger partial charge on any atom is 0.132 e. The molecular weight excluding hydrogens is 234 g/mol. The number of rotatable bonds is 3. The SMILES string of the molecule is CCc1cccc(Oc2cccc3c2CNCC3)c1. The fourth-order valence-corrected chi connectivity index (χ4v) is 2.53. The van der Waals surface area contributed by atoms with E-state index in [2.05, 4.69) is 48.6 Å². The number of ether oxygens (including phenoxy) is 1. The van der Waals surface area contributed by atoms with Gasteiger partial charge in [-0.1, -0.05) is 31.2 Å². The first kappa shape index (κ1) is 12.2. The van der Waals surface area contributed by atoms with Crippen molar-refractivity contribution in [2.75, 3.05) is 6.54 Å². The fourth-order valence-electron chi connectivity index (χ4n) is 2.53. The van der Waals surface area contributed by atoms with E-state index >= 15 is 0 Å². The molecule has 0 saturated carbocycles. The van der Waals surface area contributed by atoms with Crippen LogP contribution in [0.3, 0.4) is 0 Å². The highest BCUT2D eigenvalue weighted by atomic mass is 16.5. The van der Waals surface area contributed by atoms with Crippen LogP contribution in [0.15, 0.2) is 42.5 Å². The van der Waals surface area contributed by atoms with Crippen LogP contribution in [-0.4, -0.2) is 6.54 Å². The molecule has 19 heavy (non-hydrogen) atoms. The van der Waals surface area contributed by atoms with Gasteiger partial charge in [0, 0.05) is 12.1 Å². The van der Waals surface area contributed by atoms with Crippen LogP contribution in [0, 0.1) is 0 Å². The zero-order valence-corrected chi connectivity index (χ0v) is 11.3. The number of hydrogen-bond acceptors (Lipinski definition) is 2. The molecule has 0 atom stereocenters. The molecule has 1 aliphatic rings. The van der Waals surface area contributed by atoms with Crippen LogP contribution in [0.25, 0.3) is 0 Å². The zero-order chi connectivity index (χ0) is 13.1. The van der Waals surface area contributed by atoms with Crippen molar-refractivity contribution in [2.24, 2.45) is 0 Å². The van der Waals surface area contributed by atoms with E-state index in [1.165, 1.54) is 16.7 Å². The molecule has 2 nitrogen and oxygen atoms in total. The molecule has 0 amide bonds. The fraction of sp³-hybridized carbons (Fsp3) is 0.294. The molecule has 2 aromatic rings. The van der Waals surface area contributed by atoms with Gasteiger partial charge in [0.2, 0.25) is 0 Å². The number of hydrogen-bond donors (Lipinski definition) is 1. The van der Waals surface area contributed by atoms with Gasteiger partial charge in [-0.3, -0.25) is 0 Å². The van der Waals surface area contributed by atoms with Crippen molar-refractivity contribution in [1.29, 1.82) is 0 Å². The number of nitrogens with one attached hydrogen (secondary N) is 1. The third kappa shape index (κ3) is 2.64.